The lowest BCUT2D eigenvalue weighted by Gasteiger charge is -2.31. The van der Waals surface area contributed by atoms with Gasteiger partial charge in [-0.2, -0.15) is 0 Å². The lowest BCUT2D eigenvalue weighted by atomic mass is 10.0. The SMILES string of the molecule is CCOc1c(OC)c2c(c(OC)c1C(C)=O)CC(N1CCCCC1)O2. The van der Waals surface area contributed by atoms with Gasteiger partial charge in [0.1, 0.15) is 11.3 Å². The first-order valence-electron chi connectivity index (χ1n) is 8.97. The fraction of sp³-hybridized carbons (Fsp3) is 0.632. The third-order valence-electron chi connectivity index (χ3n) is 4.89. The Morgan fingerprint density at radius 2 is 1.80 bits per heavy atom. The highest BCUT2D eigenvalue weighted by molar-refractivity contribution is 6.02. The molecule has 1 saturated heterocycles. The van der Waals surface area contributed by atoms with Gasteiger partial charge in [0.2, 0.25) is 5.75 Å². The molecule has 0 saturated carbocycles. The van der Waals surface area contributed by atoms with Crippen molar-refractivity contribution in [1.29, 1.82) is 0 Å². The van der Waals surface area contributed by atoms with E-state index in [0.717, 1.165) is 18.7 Å². The molecule has 0 N–H and O–H groups in total. The molecule has 0 radical (unpaired) electrons. The average Bonchev–Trinajstić information content (AvgIpc) is 3.06. The Morgan fingerprint density at radius 1 is 1.12 bits per heavy atom. The second-order valence-electron chi connectivity index (χ2n) is 6.44. The van der Waals surface area contributed by atoms with Crippen LogP contribution in [0, 0.1) is 0 Å². The molecule has 6 nitrogen and oxygen atoms in total. The Hall–Kier alpha value is -1.95. The summed E-state index contributed by atoms with van der Waals surface area (Å²) in [5, 5.41) is 0. The van der Waals surface area contributed by atoms with Gasteiger partial charge in [0, 0.05) is 25.1 Å². The number of methoxy groups -OCH3 is 2. The van der Waals surface area contributed by atoms with Crippen LogP contribution in [0.25, 0.3) is 0 Å². The van der Waals surface area contributed by atoms with Crippen LogP contribution in [0.2, 0.25) is 0 Å². The van der Waals surface area contributed by atoms with Crippen LogP contribution in [-0.4, -0.2) is 50.8 Å². The molecule has 0 bridgehead atoms. The minimum atomic E-state index is -0.108. The van der Waals surface area contributed by atoms with Crippen molar-refractivity contribution in [3.8, 4) is 23.0 Å². The number of Topliss-reactive ketones (excluding diaryl/α,β-unsaturated/α-hetero) is 1. The number of likely N-dealkylation sites (tertiary alicyclic amines) is 1. The van der Waals surface area contributed by atoms with Crippen LogP contribution < -0.4 is 18.9 Å². The summed E-state index contributed by atoms with van der Waals surface area (Å²) in [6.07, 6.45) is 4.28. The van der Waals surface area contributed by atoms with E-state index in [1.807, 2.05) is 6.92 Å². The number of fused-ring (bicyclic) bond motifs is 1. The summed E-state index contributed by atoms with van der Waals surface area (Å²) >= 11 is 0. The maximum atomic E-state index is 12.3. The smallest absolute Gasteiger partial charge is 0.204 e. The van der Waals surface area contributed by atoms with Crippen molar-refractivity contribution >= 4 is 5.78 Å². The van der Waals surface area contributed by atoms with E-state index in [2.05, 4.69) is 4.90 Å². The van der Waals surface area contributed by atoms with Gasteiger partial charge in [-0.05, 0) is 26.7 Å². The summed E-state index contributed by atoms with van der Waals surface area (Å²) in [4.78, 5) is 14.7. The Balaban J connectivity index is 2.08. The lowest BCUT2D eigenvalue weighted by Crippen LogP contribution is -2.41. The number of ether oxygens (including phenoxy) is 4. The number of nitrogens with zero attached hydrogens (tertiary/aromatic N) is 1. The summed E-state index contributed by atoms with van der Waals surface area (Å²) in [5.41, 5.74) is 1.33. The normalized spacial score (nSPS) is 19.9. The third-order valence-corrected chi connectivity index (χ3v) is 4.89. The number of hydrogen-bond donors (Lipinski definition) is 0. The second kappa shape index (κ2) is 7.52. The molecule has 1 aromatic rings. The molecule has 2 aliphatic rings. The Kier molecular flexibility index (Phi) is 5.37. The highest BCUT2D eigenvalue weighted by atomic mass is 16.6. The molecule has 0 amide bonds. The van der Waals surface area contributed by atoms with Gasteiger partial charge in [0.15, 0.2) is 23.5 Å². The van der Waals surface area contributed by atoms with Gasteiger partial charge in [-0.25, -0.2) is 0 Å². The Labute approximate surface area is 149 Å². The van der Waals surface area contributed by atoms with E-state index in [-0.39, 0.29) is 12.0 Å². The zero-order valence-electron chi connectivity index (χ0n) is 15.5. The number of carbonyl (C=O) groups is 1. The van der Waals surface area contributed by atoms with Crippen LogP contribution in [0.4, 0.5) is 0 Å². The van der Waals surface area contributed by atoms with Crippen LogP contribution in [0.3, 0.4) is 0 Å². The second-order valence-corrected chi connectivity index (χ2v) is 6.44. The summed E-state index contributed by atoms with van der Waals surface area (Å²) in [6.45, 7) is 5.88. The molecule has 1 unspecified atom stereocenters. The van der Waals surface area contributed by atoms with Crippen molar-refractivity contribution in [1.82, 2.24) is 4.90 Å². The van der Waals surface area contributed by atoms with Gasteiger partial charge < -0.3 is 18.9 Å². The summed E-state index contributed by atoms with van der Waals surface area (Å²) in [6, 6.07) is 0. The molecule has 0 spiro atoms. The van der Waals surface area contributed by atoms with Crippen molar-refractivity contribution in [3.63, 3.8) is 0 Å². The number of carbonyl (C=O) groups excluding carboxylic acids is 1. The largest absolute Gasteiger partial charge is 0.495 e. The van der Waals surface area contributed by atoms with Crippen LogP contribution in [0.5, 0.6) is 23.0 Å². The molecule has 1 aromatic carbocycles. The van der Waals surface area contributed by atoms with Crippen LogP contribution in [0.1, 0.15) is 49.0 Å². The highest BCUT2D eigenvalue weighted by Gasteiger charge is 2.38. The number of rotatable bonds is 6. The van der Waals surface area contributed by atoms with E-state index in [1.165, 1.54) is 26.2 Å². The molecule has 138 valence electrons. The maximum Gasteiger partial charge on any atom is 0.204 e. The Morgan fingerprint density at radius 3 is 2.36 bits per heavy atom. The van der Waals surface area contributed by atoms with Crippen molar-refractivity contribution in [2.75, 3.05) is 33.9 Å². The molecule has 0 aromatic heterocycles. The first kappa shape index (κ1) is 17.9. The van der Waals surface area contributed by atoms with E-state index in [0.29, 0.717) is 41.6 Å². The van der Waals surface area contributed by atoms with E-state index < -0.39 is 0 Å². The highest BCUT2D eigenvalue weighted by Crippen LogP contribution is 2.52. The van der Waals surface area contributed by atoms with Crippen LogP contribution in [0.15, 0.2) is 0 Å². The summed E-state index contributed by atoms with van der Waals surface area (Å²) in [7, 11) is 3.16. The molecule has 1 atom stereocenters. The van der Waals surface area contributed by atoms with Crippen molar-refractivity contribution in [2.45, 2.75) is 45.8 Å². The predicted octanol–water partition coefficient (Wildman–Crippen LogP) is 3.05. The topological polar surface area (TPSA) is 57.2 Å². The van der Waals surface area contributed by atoms with Gasteiger partial charge in [-0.1, -0.05) is 6.42 Å². The first-order valence-corrected chi connectivity index (χ1v) is 8.97. The number of hydrogen-bond acceptors (Lipinski definition) is 6. The van der Waals surface area contributed by atoms with Crippen molar-refractivity contribution in [2.24, 2.45) is 0 Å². The summed E-state index contributed by atoms with van der Waals surface area (Å²) in [5.74, 6) is 1.98. The van der Waals surface area contributed by atoms with E-state index in [9.17, 15) is 4.79 Å². The maximum absolute atomic E-state index is 12.3. The molecule has 2 aliphatic heterocycles. The molecule has 1 fully saturated rings. The predicted molar refractivity (Wildman–Crippen MR) is 94.3 cm³/mol. The lowest BCUT2D eigenvalue weighted by molar-refractivity contribution is 0.0272. The molecule has 6 heteroatoms. The van der Waals surface area contributed by atoms with Crippen molar-refractivity contribution < 1.29 is 23.7 Å². The average molecular weight is 349 g/mol. The monoisotopic (exact) mass is 349 g/mol. The quantitative estimate of drug-likeness (QED) is 0.736. The first-order chi connectivity index (χ1) is 12.1. The zero-order chi connectivity index (χ0) is 18.0. The molecule has 2 heterocycles. The number of ketones is 1. The van der Waals surface area contributed by atoms with Gasteiger partial charge in [0.05, 0.1) is 20.8 Å². The molecular formula is C19H27NO5. The van der Waals surface area contributed by atoms with Gasteiger partial charge in [0.25, 0.3) is 0 Å². The molecule has 3 rings (SSSR count). The zero-order valence-corrected chi connectivity index (χ0v) is 15.5. The minimum Gasteiger partial charge on any atom is -0.495 e. The van der Waals surface area contributed by atoms with Gasteiger partial charge in [-0.15, -0.1) is 0 Å². The molecule has 25 heavy (non-hydrogen) atoms. The molecular weight excluding hydrogens is 322 g/mol. The van der Waals surface area contributed by atoms with E-state index in [4.69, 9.17) is 18.9 Å². The van der Waals surface area contributed by atoms with E-state index >= 15 is 0 Å². The summed E-state index contributed by atoms with van der Waals surface area (Å²) < 4.78 is 23.2. The minimum absolute atomic E-state index is 0.0465. The molecule has 0 aliphatic carbocycles. The van der Waals surface area contributed by atoms with Crippen LogP contribution in [-0.2, 0) is 6.42 Å². The number of benzene rings is 1. The fourth-order valence-corrected chi connectivity index (χ4v) is 3.80. The standard InChI is InChI=1S/C19H27NO5/c1-5-24-18-15(12(2)21)16(22-3)13-11-14(20-9-7-6-8-10-20)25-17(13)19(18)23-4/h14H,5-11H2,1-4H3. The van der Waals surface area contributed by atoms with Crippen molar-refractivity contribution in [3.05, 3.63) is 11.1 Å². The Bertz CT molecular complexity index is 652. The van der Waals surface area contributed by atoms with Gasteiger partial charge >= 0.3 is 0 Å². The fourth-order valence-electron chi connectivity index (χ4n) is 3.80. The third kappa shape index (κ3) is 3.15. The van der Waals surface area contributed by atoms with E-state index in [1.54, 1.807) is 14.2 Å². The van der Waals surface area contributed by atoms with Crippen LogP contribution >= 0.6 is 0 Å². The van der Waals surface area contributed by atoms with Gasteiger partial charge in [-0.3, -0.25) is 9.69 Å². The number of piperidine rings is 1.